The molecule has 0 bridgehead atoms. The molecule has 0 fully saturated rings. The van der Waals surface area contributed by atoms with Crippen LogP contribution in [0.15, 0.2) is 42.5 Å². The van der Waals surface area contributed by atoms with Gasteiger partial charge in [0.15, 0.2) is 0 Å². The highest BCUT2D eigenvalue weighted by Gasteiger charge is 2.03. The molecule has 0 amide bonds. The lowest BCUT2D eigenvalue weighted by atomic mass is 10.1. The lowest BCUT2D eigenvalue weighted by Crippen LogP contribution is -2.17. The minimum atomic E-state index is -0.383. The molecular formula is C15H17N3O2. The third kappa shape index (κ3) is 4.13. The topological polar surface area (TPSA) is 68.1 Å². The monoisotopic (exact) mass is 271 g/mol. The average Bonchev–Trinajstić information content (AvgIpc) is 2.44. The number of aromatic nitrogens is 1. The Morgan fingerprint density at radius 2 is 1.95 bits per heavy atom. The summed E-state index contributed by atoms with van der Waals surface area (Å²) in [7, 11) is 0. The first-order valence-electron chi connectivity index (χ1n) is 6.52. The quantitative estimate of drug-likeness (QED) is 0.498. The van der Waals surface area contributed by atoms with Gasteiger partial charge in [-0.3, -0.25) is 15.1 Å². The second-order valence-electron chi connectivity index (χ2n) is 4.62. The van der Waals surface area contributed by atoms with E-state index in [1.54, 1.807) is 12.1 Å². The van der Waals surface area contributed by atoms with Gasteiger partial charge in [0, 0.05) is 24.4 Å². The van der Waals surface area contributed by atoms with Crippen molar-refractivity contribution in [3.63, 3.8) is 0 Å². The Morgan fingerprint density at radius 3 is 2.60 bits per heavy atom. The summed E-state index contributed by atoms with van der Waals surface area (Å²) in [6, 6.07) is 12.6. The summed E-state index contributed by atoms with van der Waals surface area (Å²) < 4.78 is 0. The summed E-state index contributed by atoms with van der Waals surface area (Å²) in [5.41, 5.74) is 3.25. The molecule has 0 unspecified atom stereocenters. The summed E-state index contributed by atoms with van der Waals surface area (Å²) in [6.07, 6.45) is 0.837. The normalized spacial score (nSPS) is 10.4. The van der Waals surface area contributed by atoms with Crippen LogP contribution in [-0.2, 0) is 13.0 Å². The van der Waals surface area contributed by atoms with E-state index in [0.717, 1.165) is 36.5 Å². The van der Waals surface area contributed by atoms with Gasteiger partial charge >= 0.3 is 0 Å². The molecule has 2 rings (SSSR count). The maximum absolute atomic E-state index is 10.5. The molecule has 2 aromatic rings. The van der Waals surface area contributed by atoms with Gasteiger partial charge in [-0.05, 0) is 37.6 Å². The predicted molar refractivity (Wildman–Crippen MR) is 77.5 cm³/mol. The molecule has 1 heterocycles. The van der Waals surface area contributed by atoms with E-state index in [4.69, 9.17) is 0 Å². The second kappa shape index (κ2) is 6.77. The summed E-state index contributed by atoms with van der Waals surface area (Å²) in [6.45, 7) is 3.52. The maximum atomic E-state index is 10.5. The van der Waals surface area contributed by atoms with Gasteiger partial charge in [-0.25, -0.2) is 0 Å². The molecule has 1 aromatic carbocycles. The van der Waals surface area contributed by atoms with Gasteiger partial charge in [-0.2, -0.15) is 0 Å². The first-order chi connectivity index (χ1) is 9.65. The number of nitrogens with one attached hydrogen (secondary N) is 1. The fourth-order valence-corrected chi connectivity index (χ4v) is 1.93. The smallest absolute Gasteiger partial charge is 0.269 e. The Hall–Kier alpha value is -2.27. The van der Waals surface area contributed by atoms with Crippen molar-refractivity contribution < 1.29 is 4.92 Å². The van der Waals surface area contributed by atoms with Crippen LogP contribution in [0.25, 0.3) is 0 Å². The number of hydrogen-bond donors (Lipinski definition) is 1. The third-order valence-electron chi connectivity index (χ3n) is 2.99. The zero-order valence-electron chi connectivity index (χ0n) is 11.4. The number of rotatable bonds is 6. The van der Waals surface area contributed by atoms with E-state index in [9.17, 15) is 10.1 Å². The zero-order chi connectivity index (χ0) is 14.4. The Balaban J connectivity index is 1.77. The SMILES string of the molecule is Cc1cccc(CNCCc2ccc([N+](=O)[O-])cc2)n1. The van der Waals surface area contributed by atoms with Crippen LogP contribution in [0, 0.1) is 17.0 Å². The molecule has 104 valence electrons. The lowest BCUT2D eigenvalue weighted by molar-refractivity contribution is -0.384. The largest absolute Gasteiger partial charge is 0.311 e. The van der Waals surface area contributed by atoms with Crippen LogP contribution >= 0.6 is 0 Å². The summed E-state index contributed by atoms with van der Waals surface area (Å²) in [5, 5.41) is 13.9. The van der Waals surface area contributed by atoms with Crippen LogP contribution < -0.4 is 5.32 Å². The fraction of sp³-hybridized carbons (Fsp3) is 0.267. The van der Waals surface area contributed by atoms with Gasteiger partial charge < -0.3 is 5.32 Å². The van der Waals surface area contributed by atoms with E-state index in [1.165, 1.54) is 12.1 Å². The molecule has 1 aromatic heterocycles. The predicted octanol–water partition coefficient (Wildman–Crippen LogP) is 2.63. The molecule has 0 spiro atoms. The molecule has 0 saturated carbocycles. The highest BCUT2D eigenvalue weighted by molar-refractivity contribution is 5.32. The molecule has 5 nitrogen and oxygen atoms in total. The van der Waals surface area contributed by atoms with Crippen molar-refractivity contribution in [1.29, 1.82) is 0 Å². The van der Waals surface area contributed by atoms with Gasteiger partial charge in [0.05, 0.1) is 10.6 Å². The van der Waals surface area contributed by atoms with E-state index in [2.05, 4.69) is 10.3 Å². The number of nitro benzene ring substituents is 1. The summed E-state index contributed by atoms with van der Waals surface area (Å²) >= 11 is 0. The summed E-state index contributed by atoms with van der Waals surface area (Å²) in [4.78, 5) is 14.6. The molecule has 5 heteroatoms. The van der Waals surface area contributed by atoms with Crippen molar-refractivity contribution in [2.24, 2.45) is 0 Å². The molecule has 0 aliphatic rings. The Bertz CT molecular complexity index is 582. The van der Waals surface area contributed by atoms with Gasteiger partial charge in [-0.1, -0.05) is 18.2 Å². The van der Waals surface area contributed by atoms with Crippen LogP contribution in [0.5, 0.6) is 0 Å². The van der Waals surface area contributed by atoms with Crippen molar-refractivity contribution in [3.05, 3.63) is 69.5 Å². The van der Waals surface area contributed by atoms with Crippen LogP contribution in [0.2, 0.25) is 0 Å². The minimum Gasteiger partial charge on any atom is -0.311 e. The van der Waals surface area contributed by atoms with E-state index in [0.29, 0.717) is 0 Å². The van der Waals surface area contributed by atoms with Crippen LogP contribution in [0.4, 0.5) is 5.69 Å². The molecule has 0 radical (unpaired) electrons. The number of nitrogens with zero attached hydrogens (tertiary/aromatic N) is 2. The zero-order valence-corrected chi connectivity index (χ0v) is 11.4. The maximum Gasteiger partial charge on any atom is 0.269 e. The highest BCUT2D eigenvalue weighted by Crippen LogP contribution is 2.11. The van der Waals surface area contributed by atoms with Crippen molar-refractivity contribution in [2.45, 2.75) is 19.9 Å². The first kappa shape index (κ1) is 14.1. The van der Waals surface area contributed by atoms with E-state index < -0.39 is 0 Å². The average molecular weight is 271 g/mol. The summed E-state index contributed by atoms with van der Waals surface area (Å²) in [5.74, 6) is 0. The molecular weight excluding hydrogens is 254 g/mol. The van der Waals surface area contributed by atoms with E-state index in [-0.39, 0.29) is 10.6 Å². The van der Waals surface area contributed by atoms with Gasteiger partial charge in [0.1, 0.15) is 0 Å². The van der Waals surface area contributed by atoms with Crippen molar-refractivity contribution in [1.82, 2.24) is 10.3 Å². The van der Waals surface area contributed by atoms with Crippen LogP contribution in [0.3, 0.4) is 0 Å². The van der Waals surface area contributed by atoms with E-state index in [1.807, 2.05) is 25.1 Å². The van der Waals surface area contributed by atoms with Gasteiger partial charge in [-0.15, -0.1) is 0 Å². The van der Waals surface area contributed by atoms with Crippen LogP contribution in [0.1, 0.15) is 17.0 Å². The minimum absolute atomic E-state index is 0.130. The number of nitro groups is 1. The number of pyridine rings is 1. The molecule has 1 N–H and O–H groups in total. The second-order valence-corrected chi connectivity index (χ2v) is 4.62. The van der Waals surface area contributed by atoms with Gasteiger partial charge in [0.25, 0.3) is 5.69 Å². The van der Waals surface area contributed by atoms with Crippen molar-refractivity contribution >= 4 is 5.69 Å². The molecule has 0 aliphatic carbocycles. The standard InChI is InChI=1S/C15H17N3O2/c1-12-3-2-4-14(17-12)11-16-10-9-13-5-7-15(8-6-13)18(19)20/h2-8,16H,9-11H2,1H3. The molecule has 0 atom stereocenters. The van der Waals surface area contributed by atoms with Gasteiger partial charge in [0.2, 0.25) is 0 Å². The number of non-ortho nitro benzene ring substituents is 1. The van der Waals surface area contributed by atoms with Crippen LogP contribution in [-0.4, -0.2) is 16.5 Å². The number of benzene rings is 1. The highest BCUT2D eigenvalue weighted by atomic mass is 16.6. The van der Waals surface area contributed by atoms with Crippen molar-refractivity contribution in [2.75, 3.05) is 6.54 Å². The fourth-order valence-electron chi connectivity index (χ4n) is 1.93. The number of hydrogen-bond acceptors (Lipinski definition) is 4. The lowest BCUT2D eigenvalue weighted by Gasteiger charge is -2.05. The Kier molecular flexibility index (Phi) is 4.79. The van der Waals surface area contributed by atoms with E-state index >= 15 is 0 Å². The first-order valence-corrected chi connectivity index (χ1v) is 6.52. The Morgan fingerprint density at radius 1 is 1.20 bits per heavy atom. The third-order valence-corrected chi connectivity index (χ3v) is 2.99. The molecule has 0 aliphatic heterocycles. The molecule has 0 saturated heterocycles. The Labute approximate surface area is 117 Å². The molecule has 20 heavy (non-hydrogen) atoms. The van der Waals surface area contributed by atoms with Crippen molar-refractivity contribution in [3.8, 4) is 0 Å². The number of aryl methyl sites for hydroxylation is 1.